The number of nitrogens with zero attached hydrogens (tertiary/aromatic N) is 4. The van der Waals surface area contributed by atoms with E-state index in [0.29, 0.717) is 23.2 Å². The topological polar surface area (TPSA) is 103 Å². The van der Waals surface area contributed by atoms with Gasteiger partial charge in [0.1, 0.15) is 0 Å². The SMILES string of the molecule is CC(/C=C\C(=C/N)Nc1cc(C(F)(F)F)cnn1)Cc1ccc(-c2noc(C(F)(F)F)n2)s1. The van der Waals surface area contributed by atoms with Gasteiger partial charge >= 0.3 is 18.2 Å². The Morgan fingerprint density at radius 1 is 1.21 bits per heavy atom. The van der Waals surface area contributed by atoms with Gasteiger partial charge in [-0.1, -0.05) is 18.2 Å². The predicted molar refractivity (Wildman–Crippen MR) is 108 cm³/mol. The summed E-state index contributed by atoms with van der Waals surface area (Å²) in [5.41, 5.74) is 4.88. The number of hydrogen-bond acceptors (Lipinski definition) is 8. The largest absolute Gasteiger partial charge is 0.471 e. The van der Waals surface area contributed by atoms with E-state index in [0.717, 1.165) is 10.9 Å². The van der Waals surface area contributed by atoms with Gasteiger partial charge in [-0.25, -0.2) is 0 Å². The maximum atomic E-state index is 12.8. The Morgan fingerprint density at radius 2 is 1.97 bits per heavy atom. The van der Waals surface area contributed by atoms with Crippen molar-refractivity contribution >= 4 is 17.2 Å². The molecule has 33 heavy (non-hydrogen) atoms. The lowest BCUT2D eigenvalue weighted by molar-refractivity contribution is -0.159. The lowest BCUT2D eigenvalue weighted by Gasteiger charge is -2.10. The monoisotopic (exact) mass is 490 g/mol. The van der Waals surface area contributed by atoms with Gasteiger partial charge in [-0.05, 0) is 36.6 Å². The zero-order valence-corrected chi connectivity index (χ0v) is 17.6. The molecular weight excluding hydrogens is 474 g/mol. The van der Waals surface area contributed by atoms with Gasteiger partial charge in [0.05, 0.1) is 22.3 Å². The van der Waals surface area contributed by atoms with Gasteiger partial charge in [0.2, 0.25) is 5.82 Å². The highest BCUT2D eigenvalue weighted by Gasteiger charge is 2.38. The maximum Gasteiger partial charge on any atom is 0.471 e. The average molecular weight is 490 g/mol. The van der Waals surface area contributed by atoms with Gasteiger partial charge in [-0.15, -0.1) is 16.4 Å². The van der Waals surface area contributed by atoms with Gasteiger partial charge in [0, 0.05) is 11.1 Å². The zero-order chi connectivity index (χ0) is 24.2. The molecule has 1 unspecified atom stereocenters. The van der Waals surface area contributed by atoms with Crippen LogP contribution in [0.1, 0.15) is 23.3 Å². The van der Waals surface area contributed by atoms with Gasteiger partial charge in [0.25, 0.3) is 0 Å². The molecule has 0 aliphatic carbocycles. The van der Waals surface area contributed by atoms with Gasteiger partial charge in [-0.3, -0.25) is 0 Å². The van der Waals surface area contributed by atoms with E-state index in [4.69, 9.17) is 5.73 Å². The van der Waals surface area contributed by atoms with Crippen molar-refractivity contribution in [2.45, 2.75) is 25.7 Å². The van der Waals surface area contributed by atoms with E-state index in [-0.39, 0.29) is 17.6 Å². The molecule has 7 nitrogen and oxygen atoms in total. The number of nitrogens with one attached hydrogen (secondary N) is 1. The van der Waals surface area contributed by atoms with Crippen LogP contribution in [0.4, 0.5) is 32.2 Å². The molecule has 3 aromatic rings. The van der Waals surface area contributed by atoms with Crippen LogP contribution in [-0.2, 0) is 18.8 Å². The van der Waals surface area contributed by atoms with Crippen LogP contribution < -0.4 is 11.1 Å². The summed E-state index contributed by atoms with van der Waals surface area (Å²) in [5, 5.41) is 12.9. The molecule has 14 heteroatoms. The first-order valence-corrected chi connectivity index (χ1v) is 10.0. The number of halogens is 6. The first kappa shape index (κ1) is 24.2. The number of nitrogens with two attached hydrogens (primary N) is 1. The number of alkyl halides is 6. The van der Waals surface area contributed by atoms with Crippen LogP contribution in [0.2, 0.25) is 0 Å². The number of aromatic nitrogens is 4. The molecule has 0 radical (unpaired) electrons. The summed E-state index contributed by atoms with van der Waals surface area (Å²) in [6, 6.07) is 4.15. The summed E-state index contributed by atoms with van der Waals surface area (Å²) in [6.07, 6.45) is -3.61. The zero-order valence-electron chi connectivity index (χ0n) is 16.8. The third-order valence-electron chi connectivity index (χ3n) is 4.11. The summed E-state index contributed by atoms with van der Waals surface area (Å²) in [4.78, 5) is 4.64. The Balaban J connectivity index is 1.61. The van der Waals surface area contributed by atoms with Crippen molar-refractivity contribution in [3.63, 3.8) is 0 Å². The van der Waals surface area contributed by atoms with Crippen molar-refractivity contribution in [2.24, 2.45) is 11.7 Å². The minimum atomic E-state index is -4.72. The van der Waals surface area contributed by atoms with Gasteiger partial charge in [0.15, 0.2) is 5.82 Å². The Hall–Kier alpha value is -3.42. The fraction of sp³-hybridized carbons (Fsp3) is 0.263. The maximum absolute atomic E-state index is 12.8. The van der Waals surface area contributed by atoms with Crippen molar-refractivity contribution in [1.29, 1.82) is 0 Å². The van der Waals surface area contributed by atoms with Gasteiger partial charge < -0.3 is 15.6 Å². The van der Waals surface area contributed by atoms with E-state index >= 15 is 0 Å². The molecule has 3 rings (SSSR count). The molecule has 0 aromatic carbocycles. The lowest BCUT2D eigenvalue weighted by atomic mass is 10.1. The molecule has 0 fully saturated rings. The number of anilines is 1. The van der Waals surface area contributed by atoms with E-state index in [1.165, 1.54) is 17.5 Å². The average Bonchev–Trinajstić information content (AvgIpc) is 3.40. The molecule has 0 saturated heterocycles. The molecule has 0 saturated carbocycles. The van der Waals surface area contributed by atoms with Crippen LogP contribution in [0, 0.1) is 5.92 Å². The highest BCUT2D eigenvalue weighted by molar-refractivity contribution is 7.15. The number of rotatable bonds is 7. The second-order valence-corrected chi connectivity index (χ2v) is 7.97. The quantitative estimate of drug-likeness (QED) is 0.343. The van der Waals surface area contributed by atoms with E-state index in [1.54, 1.807) is 24.3 Å². The minimum Gasteiger partial charge on any atom is -0.403 e. The van der Waals surface area contributed by atoms with Crippen LogP contribution in [-0.4, -0.2) is 20.3 Å². The summed E-state index contributed by atoms with van der Waals surface area (Å²) in [5.74, 6) is -1.73. The Morgan fingerprint density at radius 3 is 2.61 bits per heavy atom. The molecule has 176 valence electrons. The molecule has 3 aromatic heterocycles. The molecule has 1 atom stereocenters. The molecule has 0 amide bonds. The smallest absolute Gasteiger partial charge is 0.403 e. The van der Waals surface area contributed by atoms with E-state index in [1.807, 2.05) is 6.92 Å². The molecule has 0 bridgehead atoms. The normalized spacial score (nSPS) is 14.1. The highest BCUT2D eigenvalue weighted by atomic mass is 32.1. The second-order valence-electron chi connectivity index (χ2n) is 6.80. The van der Waals surface area contributed by atoms with E-state index < -0.39 is 23.8 Å². The Kier molecular flexibility index (Phi) is 7.05. The van der Waals surface area contributed by atoms with Crippen molar-refractivity contribution in [3.8, 4) is 10.7 Å². The van der Waals surface area contributed by atoms with E-state index in [9.17, 15) is 26.3 Å². The molecule has 3 N–H and O–H groups in total. The Labute approximate surface area is 187 Å². The third kappa shape index (κ3) is 6.54. The molecular formula is C19H16F6N6OS. The third-order valence-corrected chi connectivity index (χ3v) is 5.22. The van der Waals surface area contributed by atoms with Crippen LogP contribution >= 0.6 is 11.3 Å². The number of thiophene rings is 1. The van der Waals surface area contributed by atoms with Crippen LogP contribution in [0.25, 0.3) is 10.7 Å². The Bertz CT molecular complexity index is 1150. The summed E-state index contributed by atoms with van der Waals surface area (Å²) >= 11 is 1.22. The fourth-order valence-corrected chi connectivity index (χ4v) is 3.64. The summed E-state index contributed by atoms with van der Waals surface area (Å²) in [7, 11) is 0. The molecule has 3 heterocycles. The first-order valence-electron chi connectivity index (χ1n) is 9.22. The van der Waals surface area contributed by atoms with Crippen molar-refractivity contribution in [1.82, 2.24) is 20.3 Å². The van der Waals surface area contributed by atoms with Gasteiger partial charge in [-0.2, -0.15) is 36.4 Å². The van der Waals surface area contributed by atoms with E-state index in [2.05, 4.69) is 30.2 Å². The predicted octanol–water partition coefficient (Wildman–Crippen LogP) is 5.27. The summed E-state index contributed by atoms with van der Waals surface area (Å²) in [6.45, 7) is 1.88. The first-order chi connectivity index (χ1) is 15.5. The molecule has 0 aliphatic rings. The van der Waals surface area contributed by atoms with Crippen LogP contribution in [0.3, 0.4) is 0 Å². The number of allylic oxidation sites excluding steroid dienone is 2. The lowest BCUT2D eigenvalue weighted by Crippen LogP contribution is -2.09. The second kappa shape index (κ2) is 9.60. The summed E-state index contributed by atoms with van der Waals surface area (Å²) < 4.78 is 80.5. The van der Waals surface area contributed by atoms with Crippen molar-refractivity contribution in [2.75, 3.05) is 5.32 Å². The molecule has 0 spiro atoms. The van der Waals surface area contributed by atoms with Crippen molar-refractivity contribution in [3.05, 3.63) is 64.8 Å². The van der Waals surface area contributed by atoms with Crippen LogP contribution in [0.15, 0.2) is 53.0 Å². The van der Waals surface area contributed by atoms with Crippen molar-refractivity contribution < 1.29 is 30.9 Å². The standard InChI is InChI=1S/C19H16F6N6OS/c1-10(2-3-12(8-26)28-15-7-11(9-27-30-15)18(20,21)22)6-13-4-5-14(33-13)16-29-17(32-31-16)19(23,24)25/h2-5,7-10H,6,26H2,1H3,(H,28,30)/b3-2-,12-8+. The fourth-order valence-electron chi connectivity index (χ4n) is 2.57. The highest BCUT2D eigenvalue weighted by Crippen LogP contribution is 2.32. The van der Waals surface area contributed by atoms with Crippen LogP contribution in [0.5, 0.6) is 0 Å². The number of hydrogen-bond donors (Lipinski definition) is 2. The molecule has 0 aliphatic heterocycles. The minimum absolute atomic E-state index is 0.0446.